The lowest BCUT2D eigenvalue weighted by Crippen LogP contribution is -2.54. The van der Waals surface area contributed by atoms with Crippen LogP contribution in [0.2, 0.25) is 5.02 Å². The maximum atomic E-state index is 13.2. The van der Waals surface area contributed by atoms with Gasteiger partial charge in [-0.25, -0.2) is 0 Å². The van der Waals surface area contributed by atoms with Crippen LogP contribution in [0.25, 0.3) is 17.4 Å². The van der Waals surface area contributed by atoms with E-state index < -0.39 is 16.7 Å². The number of nitro groups is 1. The van der Waals surface area contributed by atoms with Gasteiger partial charge in [-0.1, -0.05) is 23.7 Å². The fraction of sp³-hybridized carbons (Fsp3) is 0.0870. The molecule has 0 saturated carbocycles. The zero-order valence-electron chi connectivity index (χ0n) is 17.4. The zero-order valence-corrected chi connectivity index (χ0v) is 19.0. The molecule has 2 aromatic carbocycles. The van der Waals surface area contributed by atoms with E-state index in [-0.39, 0.29) is 27.2 Å². The summed E-state index contributed by atoms with van der Waals surface area (Å²) in [6.45, 7) is 3.74. The summed E-state index contributed by atoms with van der Waals surface area (Å²) in [4.78, 5) is 37.4. The minimum Gasteiger partial charge on any atom is -0.457 e. The summed E-state index contributed by atoms with van der Waals surface area (Å²) in [5.41, 5.74) is 2.47. The average molecular weight is 482 g/mol. The van der Waals surface area contributed by atoms with Crippen LogP contribution in [0, 0.1) is 24.0 Å². The number of thiocarbonyl (C=S) groups is 1. The van der Waals surface area contributed by atoms with E-state index in [1.54, 1.807) is 12.1 Å². The van der Waals surface area contributed by atoms with E-state index in [2.05, 4.69) is 5.32 Å². The molecule has 166 valence electrons. The van der Waals surface area contributed by atoms with Gasteiger partial charge in [0.15, 0.2) is 5.11 Å². The van der Waals surface area contributed by atoms with Crippen LogP contribution in [0.15, 0.2) is 58.5 Å². The Bertz CT molecular complexity index is 1380. The Hall–Kier alpha value is -3.82. The van der Waals surface area contributed by atoms with E-state index in [4.69, 9.17) is 28.2 Å². The number of hydrogen-bond donors (Lipinski definition) is 1. The number of aryl methyl sites for hydroxylation is 2. The van der Waals surface area contributed by atoms with Crippen LogP contribution in [0.3, 0.4) is 0 Å². The summed E-state index contributed by atoms with van der Waals surface area (Å²) in [6.07, 6.45) is 1.32. The van der Waals surface area contributed by atoms with Gasteiger partial charge < -0.3 is 4.42 Å². The molecule has 1 aromatic heterocycles. The van der Waals surface area contributed by atoms with E-state index >= 15 is 0 Å². The first-order valence-electron chi connectivity index (χ1n) is 9.68. The second-order valence-corrected chi connectivity index (χ2v) is 8.16. The second kappa shape index (κ2) is 8.61. The maximum absolute atomic E-state index is 13.2. The number of non-ortho nitro benzene ring substituents is 1. The summed E-state index contributed by atoms with van der Waals surface area (Å²) < 4.78 is 5.75. The number of carbonyl (C=O) groups is 2. The Balaban J connectivity index is 1.69. The number of nitrogens with zero attached hydrogens (tertiary/aromatic N) is 2. The first-order chi connectivity index (χ1) is 15.7. The van der Waals surface area contributed by atoms with Gasteiger partial charge in [0.25, 0.3) is 17.5 Å². The minimum atomic E-state index is -0.641. The molecule has 2 heterocycles. The van der Waals surface area contributed by atoms with E-state index in [0.29, 0.717) is 17.0 Å². The summed E-state index contributed by atoms with van der Waals surface area (Å²) in [6, 6.07) is 12.8. The maximum Gasteiger partial charge on any atom is 0.270 e. The van der Waals surface area contributed by atoms with Gasteiger partial charge in [-0.15, -0.1) is 0 Å². The molecule has 2 amide bonds. The number of halogens is 1. The van der Waals surface area contributed by atoms with Crippen molar-refractivity contribution in [2.75, 3.05) is 4.90 Å². The molecule has 0 radical (unpaired) electrons. The van der Waals surface area contributed by atoms with Crippen molar-refractivity contribution in [1.29, 1.82) is 0 Å². The number of hydrogen-bond acceptors (Lipinski definition) is 6. The van der Waals surface area contributed by atoms with Gasteiger partial charge in [-0.05, 0) is 67.5 Å². The SMILES string of the molecule is Cc1ccc(C)c(N2C(=O)/C(=C/c3ccc(-c4ccc([N+](=O)[O-])cc4Cl)o3)C(=O)NC2=S)c1. The highest BCUT2D eigenvalue weighted by atomic mass is 35.5. The van der Waals surface area contributed by atoms with Crippen molar-refractivity contribution >= 4 is 58.2 Å². The van der Waals surface area contributed by atoms with Crippen LogP contribution < -0.4 is 10.2 Å². The molecular weight excluding hydrogens is 466 g/mol. The first-order valence-corrected chi connectivity index (χ1v) is 10.5. The standard InChI is InChI=1S/C23H16ClN3O5S/c1-12-3-4-13(2)19(9-12)26-22(29)17(21(28)25-23(26)33)11-15-6-8-20(32-15)16-7-5-14(27(30)31)10-18(16)24/h3-11H,1-2H3,(H,25,28,33)/b17-11+. The van der Waals surface area contributed by atoms with Crippen LogP contribution in [0.1, 0.15) is 16.9 Å². The molecule has 1 N–H and O–H groups in total. The Labute approximate surface area is 198 Å². The number of nitro benzene ring substituents is 1. The Morgan fingerprint density at radius 2 is 1.88 bits per heavy atom. The Morgan fingerprint density at radius 1 is 1.12 bits per heavy atom. The lowest BCUT2D eigenvalue weighted by atomic mass is 10.1. The molecule has 8 nitrogen and oxygen atoms in total. The van der Waals surface area contributed by atoms with Crippen molar-refractivity contribution < 1.29 is 18.9 Å². The number of furan rings is 1. The predicted molar refractivity (Wildman–Crippen MR) is 128 cm³/mol. The fourth-order valence-corrected chi connectivity index (χ4v) is 3.91. The molecule has 4 rings (SSSR count). The highest BCUT2D eigenvalue weighted by Crippen LogP contribution is 2.33. The normalized spacial score (nSPS) is 15.2. The van der Waals surface area contributed by atoms with Gasteiger partial charge in [0, 0.05) is 17.7 Å². The molecule has 33 heavy (non-hydrogen) atoms. The molecule has 1 aliphatic heterocycles. The van der Waals surface area contributed by atoms with Gasteiger partial charge >= 0.3 is 0 Å². The molecule has 0 unspecified atom stereocenters. The molecule has 10 heteroatoms. The molecule has 0 spiro atoms. The molecule has 1 saturated heterocycles. The van der Waals surface area contributed by atoms with Gasteiger partial charge in [0.1, 0.15) is 17.1 Å². The number of benzene rings is 2. The Kier molecular flexibility index (Phi) is 5.84. The fourth-order valence-electron chi connectivity index (χ4n) is 3.37. The number of nitrogens with one attached hydrogen (secondary N) is 1. The molecule has 0 atom stereocenters. The predicted octanol–water partition coefficient (Wildman–Crippen LogP) is 4.96. The highest BCUT2D eigenvalue weighted by Gasteiger charge is 2.35. The van der Waals surface area contributed by atoms with Crippen LogP contribution in [0.4, 0.5) is 11.4 Å². The summed E-state index contributed by atoms with van der Waals surface area (Å²) in [7, 11) is 0. The van der Waals surface area contributed by atoms with E-state index in [1.807, 2.05) is 32.0 Å². The van der Waals surface area contributed by atoms with Crippen LogP contribution in [-0.4, -0.2) is 21.9 Å². The third-order valence-corrected chi connectivity index (χ3v) is 5.65. The third-order valence-electron chi connectivity index (χ3n) is 5.05. The zero-order chi connectivity index (χ0) is 23.9. The molecule has 3 aromatic rings. The van der Waals surface area contributed by atoms with Crippen LogP contribution >= 0.6 is 23.8 Å². The topological polar surface area (TPSA) is 106 Å². The van der Waals surface area contributed by atoms with Crippen LogP contribution in [-0.2, 0) is 9.59 Å². The molecular formula is C23H16ClN3O5S. The highest BCUT2D eigenvalue weighted by molar-refractivity contribution is 7.80. The van der Waals surface area contributed by atoms with Crippen LogP contribution in [0.5, 0.6) is 0 Å². The molecule has 0 bridgehead atoms. The van der Waals surface area contributed by atoms with Crippen molar-refractivity contribution in [3.63, 3.8) is 0 Å². The smallest absolute Gasteiger partial charge is 0.270 e. The quantitative estimate of drug-likeness (QED) is 0.186. The van der Waals surface area contributed by atoms with E-state index in [9.17, 15) is 19.7 Å². The van der Waals surface area contributed by atoms with Gasteiger partial charge in [-0.3, -0.25) is 29.9 Å². The molecule has 0 aliphatic carbocycles. The average Bonchev–Trinajstić information content (AvgIpc) is 3.21. The van der Waals surface area contributed by atoms with Gasteiger partial charge in [-0.2, -0.15) is 0 Å². The lowest BCUT2D eigenvalue weighted by Gasteiger charge is -2.30. The number of carbonyl (C=O) groups excluding carboxylic acids is 2. The third kappa shape index (κ3) is 4.28. The van der Waals surface area contributed by atoms with Crippen molar-refractivity contribution in [1.82, 2.24) is 5.32 Å². The molecule has 1 fully saturated rings. The largest absolute Gasteiger partial charge is 0.457 e. The Morgan fingerprint density at radius 3 is 2.58 bits per heavy atom. The van der Waals surface area contributed by atoms with Crippen molar-refractivity contribution in [2.45, 2.75) is 13.8 Å². The lowest BCUT2D eigenvalue weighted by molar-refractivity contribution is -0.384. The number of rotatable bonds is 4. The summed E-state index contributed by atoms with van der Waals surface area (Å²) >= 11 is 11.4. The van der Waals surface area contributed by atoms with E-state index in [1.165, 1.54) is 29.2 Å². The van der Waals surface area contributed by atoms with E-state index in [0.717, 1.165) is 11.1 Å². The first kappa shape index (κ1) is 22.4. The second-order valence-electron chi connectivity index (χ2n) is 7.37. The monoisotopic (exact) mass is 481 g/mol. The van der Waals surface area contributed by atoms with Gasteiger partial charge in [0.05, 0.1) is 15.6 Å². The number of anilines is 1. The van der Waals surface area contributed by atoms with Gasteiger partial charge in [0.2, 0.25) is 0 Å². The summed E-state index contributed by atoms with van der Waals surface area (Å²) in [5, 5.41) is 13.6. The molecule has 1 aliphatic rings. The minimum absolute atomic E-state index is 0.00588. The number of amides is 2. The van der Waals surface area contributed by atoms with Crippen molar-refractivity contribution in [2.24, 2.45) is 0 Å². The van der Waals surface area contributed by atoms with Crippen molar-refractivity contribution in [3.8, 4) is 11.3 Å². The summed E-state index contributed by atoms with van der Waals surface area (Å²) in [5.74, 6) is -0.666. The van der Waals surface area contributed by atoms with Crippen molar-refractivity contribution in [3.05, 3.63) is 86.1 Å².